The van der Waals surface area contributed by atoms with Gasteiger partial charge in [-0.25, -0.2) is 5.48 Å². The maximum absolute atomic E-state index is 11.7. The number of hydroxylamine groups is 1. The number of nitrogens with zero attached hydrogens (tertiary/aromatic N) is 2. The fourth-order valence-electron chi connectivity index (χ4n) is 7.99. The number of carbonyl (C=O) groups excluding carboxylic acids is 1. The van der Waals surface area contributed by atoms with Gasteiger partial charge in [-0.15, -0.1) is 0 Å². The molecule has 0 spiro atoms. The molecular weight excluding hydrogens is 338 g/mol. The normalized spacial score (nSPS) is 41.6. The Morgan fingerprint density at radius 2 is 1.89 bits per heavy atom. The van der Waals surface area contributed by atoms with Gasteiger partial charge in [0, 0.05) is 18.8 Å². The maximum Gasteiger partial charge on any atom is 0.276 e. The molecule has 0 radical (unpaired) electrons. The van der Waals surface area contributed by atoms with Gasteiger partial charge in [-0.2, -0.15) is 0 Å². The summed E-state index contributed by atoms with van der Waals surface area (Å²) in [5.41, 5.74) is 5.16. The first-order chi connectivity index (χ1) is 13.1. The van der Waals surface area contributed by atoms with E-state index >= 15 is 0 Å². The highest BCUT2D eigenvalue weighted by molar-refractivity contribution is 5.93. The first-order valence-corrected chi connectivity index (χ1v) is 10.8. The van der Waals surface area contributed by atoms with Gasteiger partial charge in [0.25, 0.3) is 5.91 Å². The molecule has 1 aromatic rings. The third-order valence-corrected chi connectivity index (χ3v) is 8.46. The standard InChI is InChI=1S/C22H29N3O2/c26-21(24-27)17-6-16-7-18-1-2-19(20(16)23-11-17)25(18)12-22-8-13-3-14(9-22)5-15(4-13)10-22/h6,11,13-15,18-19,27H,1-5,7-10,12H2,(H,24,26). The van der Waals surface area contributed by atoms with Gasteiger partial charge < -0.3 is 0 Å². The van der Waals surface area contributed by atoms with Crippen LogP contribution in [0.25, 0.3) is 0 Å². The van der Waals surface area contributed by atoms with Crippen LogP contribution >= 0.6 is 0 Å². The summed E-state index contributed by atoms with van der Waals surface area (Å²) in [6.07, 6.45) is 14.0. The molecule has 2 unspecified atom stereocenters. The zero-order chi connectivity index (χ0) is 18.2. The zero-order valence-electron chi connectivity index (χ0n) is 15.9. The fraction of sp³-hybridized carbons (Fsp3) is 0.727. The Bertz CT molecular complexity index is 756. The van der Waals surface area contributed by atoms with Gasteiger partial charge in [-0.1, -0.05) is 0 Å². The largest absolute Gasteiger partial charge is 0.291 e. The van der Waals surface area contributed by atoms with Gasteiger partial charge in [0.1, 0.15) is 0 Å². The molecule has 1 saturated heterocycles. The predicted octanol–water partition coefficient (Wildman–Crippen LogP) is 3.48. The Morgan fingerprint density at radius 3 is 2.56 bits per heavy atom. The van der Waals surface area contributed by atoms with E-state index in [9.17, 15) is 4.79 Å². The third kappa shape index (κ3) is 2.51. The van der Waals surface area contributed by atoms with Gasteiger partial charge in [0.15, 0.2) is 0 Å². The fourth-order valence-corrected chi connectivity index (χ4v) is 7.99. The molecule has 2 N–H and O–H groups in total. The quantitative estimate of drug-likeness (QED) is 0.634. The number of hydrogen-bond acceptors (Lipinski definition) is 4. The Kier molecular flexibility index (Phi) is 3.52. The molecule has 6 aliphatic rings. The summed E-state index contributed by atoms with van der Waals surface area (Å²) in [6, 6.07) is 2.98. The van der Waals surface area contributed by atoms with Crippen LogP contribution in [0.1, 0.15) is 79.0 Å². The van der Waals surface area contributed by atoms with Gasteiger partial charge in [0.2, 0.25) is 0 Å². The smallest absolute Gasteiger partial charge is 0.276 e. The first kappa shape index (κ1) is 16.5. The summed E-state index contributed by atoms with van der Waals surface area (Å²) in [6.45, 7) is 1.27. The predicted molar refractivity (Wildman–Crippen MR) is 100 cm³/mol. The van der Waals surface area contributed by atoms with Crippen LogP contribution in [0.2, 0.25) is 0 Å². The van der Waals surface area contributed by atoms with Gasteiger partial charge in [-0.3, -0.25) is 19.9 Å². The highest BCUT2D eigenvalue weighted by Crippen LogP contribution is 2.61. The molecule has 27 heavy (non-hydrogen) atoms. The topological polar surface area (TPSA) is 65.5 Å². The molecule has 0 aromatic carbocycles. The van der Waals surface area contributed by atoms with E-state index in [0.29, 0.717) is 23.1 Å². The Labute approximate surface area is 160 Å². The SMILES string of the molecule is O=C(NO)c1cnc2c(c1)CC1CCC2N1CC12CC3CC(CC(C3)C1)C2. The van der Waals surface area contributed by atoms with Gasteiger partial charge in [-0.05, 0) is 92.6 Å². The minimum absolute atomic E-state index is 0.429. The van der Waals surface area contributed by atoms with Gasteiger partial charge >= 0.3 is 0 Å². The number of carbonyl (C=O) groups is 1. The minimum atomic E-state index is -0.464. The Hall–Kier alpha value is -1.46. The molecule has 3 heterocycles. The highest BCUT2D eigenvalue weighted by atomic mass is 16.5. The van der Waals surface area contributed by atoms with Crippen molar-refractivity contribution in [3.8, 4) is 0 Å². The number of hydrogen-bond donors (Lipinski definition) is 2. The average Bonchev–Trinajstić information content (AvgIpc) is 2.91. The summed E-state index contributed by atoms with van der Waals surface area (Å²) in [5.74, 6) is 2.55. The summed E-state index contributed by atoms with van der Waals surface area (Å²) >= 11 is 0. The molecule has 144 valence electrons. The molecule has 1 amide bonds. The Morgan fingerprint density at radius 1 is 1.19 bits per heavy atom. The van der Waals surface area contributed by atoms with Crippen LogP contribution in [0.15, 0.2) is 12.3 Å². The number of rotatable bonds is 3. The van der Waals surface area contributed by atoms with Crippen molar-refractivity contribution in [1.82, 2.24) is 15.4 Å². The van der Waals surface area contributed by atoms with Crippen LogP contribution in [-0.2, 0) is 6.42 Å². The number of fused-ring (bicyclic) bond motifs is 4. The van der Waals surface area contributed by atoms with Crippen molar-refractivity contribution in [2.45, 2.75) is 69.9 Å². The summed E-state index contributed by atoms with van der Waals surface area (Å²) < 4.78 is 0. The molecule has 5 heteroatoms. The monoisotopic (exact) mass is 367 g/mol. The molecule has 4 saturated carbocycles. The van der Waals surface area contributed by atoms with Gasteiger partial charge in [0.05, 0.1) is 17.3 Å². The molecule has 2 atom stereocenters. The minimum Gasteiger partial charge on any atom is -0.291 e. The van der Waals surface area contributed by atoms with Crippen molar-refractivity contribution < 1.29 is 10.0 Å². The Balaban J connectivity index is 1.28. The lowest BCUT2D eigenvalue weighted by molar-refractivity contribution is -0.0772. The second-order valence-corrected chi connectivity index (χ2v) is 10.3. The van der Waals surface area contributed by atoms with E-state index < -0.39 is 5.91 Å². The zero-order valence-corrected chi connectivity index (χ0v) is 15.9. The second-order valence-electron chi connectivity index (χ2n) is 10.3. The number of pyridine rings is 1. The van der Waals surface area contributed by atoms with Crippen molar-refractivity contribution in [2.75, 3.05) is 6.54 Å². The van der Waals surface area contributed by atoms with E-state index in [4.69, 9.17) is 10.2 Å². The van der Waals surface area contributed by atoms with E-state index in [2.05, 4.69) is 4.90 Å². The lowest BCUT2D eigenvalue weighted by Gasteiger charge is -2.58. The van der Waals surface area contributed by atoms with E-state index in [1.54, 1.807) is 11.7 Å². The van der Waals surface area contributed by atoms with E-state index in [0.717, 1.165) is 24.2 Å². The highest BCUT2D eigenvalue weighted by Gasteiger charge is 2.53. The summed E-state index contributed by atoms with van der Waals surface area (Å²) in [7, 11) is 0. The number of aromatic nitrogens is 1. The second kappa shape index (κ2) is 5.77. The van der Waals surface area contributed by atoms with Crippen molar-refractivity contribution in [1.29, 1.82) is 0 Å². The number of nitrogens with one attached hydrogen (secondary N) is 1. The molecule has 6 bridgehead atoms. The molecule has 1 aromatic heterocycles. The molecule has 7 rings (SSSR count). The van der Waals surface area contributed by atoms with Crippen LogP contribution < -0.4 is 5.48 Å². The number of amides is 1. The third-order valence-electron chi connectivity index (χ3n) is 8.46. The molecule has 5 fully saturated rings. The van der Waals surface area contributed by atoms with Crippen molar-refractivity contribution in [3.05, 3.63) is 29.1 Å². The molecule has 2 aliphatic heterocycles. The molecule has 4 aliphatic carbocycles. The summed E-state index contributed by atoms with van der Waals surface area (Å²) in [5, 5.41) is 8.90. The van der Waals surface area contributed by atoms with E-state index in [1.165, 1.54) is 69.2 Å². The van der Waals surface area contributed by atoms with E-state index in [1.807, 2.05) is 6.07 Å². The van der Waals surface area contributed by atoms with Crippen LogP contribution in [0.4, 0.5) is 0 Å². The van der Waals surface area contributed by atoms with Crippen LogP contribution in [0.3, 0.4) is 0 Å². The molecular formula is C22H29N3O2. The van der Waals surface area contributed by atoms with E-state index in [-0.39, 0.29) is 0 Å². The van der Waals surface area contributed by atoms with Crippen molar-refractivity contribution in [3.63, 3.8) is 0 Å². The van der Waals surface area contributed by atoms with Crippen molar-refractivity contribution >= 4 is 5.91 Å². The molecule has 5 nitrogen and oxygen atoms in total. The van der Waals surface area contributed by atoms with Crippen molar-refractivity contribution in [2.24, 2.45) is 23.2 Å². The average molecular weight is 367 g/mol. The lowest BCUT2D eigenvalue weighted by Crippen LogP contribution is -2.53. The lowest BCUT2D eigenvalue weighted by atomic mass is 9.49. The summed E-state index contributed by atoms with van der Waals surface area (Å²) in [4.78, 5) is 19.2. The maximum atomic E-state index is 11.7. The van der Waals surface area contributed by atoms with Crippen LogP contribution in [0.5, 0.6) is 0 Å². The van der Waals surface area contributed by atoms with Crippen LogP contribution in [-0.4, -0.2) is 33.6 Å². The van der Waals surface area contributed by atoms with Crippen LogP contribution in [0, 0.1) is 23.2 Å². The first-order valence-electron chi connectivity index (χ1n) is 10.8.